The van der Waals surface area contributed by atoms with Gasteiger partial charge in [-0.25, -0.2) is 9.18 Å². The SMILES string of the molecule is CCN(CC(=O)O)C1CC(NC(=O)N2CCC(C)C2c2cccc(F)c2)C1. The van der Waals surface area contributed by atoms with E-state index in [1.54, 1.807) is 6.07 Å². The van der Waals surface area contributed by atoms with Crippen molar-refractivity contribution in [1.29, 1.82) is 0 Å². The third-order valence-corrected chi connectivity index (χ3v) is 5.85. The maximum absolute atomic E-state index is 13.6. The van der Waals surface area contributed by atoms with E-state index in [0.717, 1.165) is 24.8 Å². The lowest BCUT2D eigenvalue weighted by Crippen LogP contribution is -2.56. The molecular formula is C20H28FN3O3. The Kier molecular flexibility index (Phi) is 5.99. The summed E-state index contributed by atoms with van der Waals surface area (Å²) >= 11 is 0. The van der Waals surface area contributed by atoms with Gasteiger partial charge in [0.2, 0.25) is 0 Å². The second kappa shape index (κ2) is 8.25. The number of rotatable bonds is 6. The first-order valence-corrected chi connectivity index (χ1v) is 9.67. The number of likely N-dealkylation sites (tertiary alicyclic amines) is 1. The first-order valence-electron chi connectivity index (χ1n) is 9.67. The van der Waals surface area contributed by atoms with Gasteiger partial charge in [0, 0.05) is 18.6 Å². The molecule has 1 aliphatic carbocycles. The fourth-order valence-corrected chi connectivity index (χ4v) is 4.31. The summed E-state index contributed by atoms with van der Waals surface area (Å²) in [6.07, 6.45) is 2.42. The lowest BCUT2D eigenvalue weighted by molar-refractivity contribution is -0.139. The van der Waals surface area contributed by atoms with Crippen LogP contribution in [0.4, 0.5) is 9.18 Å². The van der Waals surface area contributed by atoms with E-state index >= 15 is 0 Å². The molecule has 0 spiro atoms. The van der Waals surface area contributed by atoms with Gasteiger partial charge in [0.05, 0.1) is 12.6 Å². The van der Waals surface area contributed by atoms with Crippen LogP contribution in [-0.2, 0) is 4.79 Å². The van der Waals surface area contributed by atoms with Crippen molar-refractivity contribution in [2.45, 2.75) is 51.2 Å². The summed E-state index contributed by atoms with van der Waals surface area (Å²) in [7, 11) is 0. The Morgan fingerprint density at radius 3 is 2.74 bits per heavy atom. The van der Waals surface area contributed by atoms with Crippen molar-refractivity contribution in [3.8, 4) is 0 Å². The normalized spacial score (nSPS) is 27.5. The van der Waals surface area contributed by atoms with E-state index in [9.17, 15) is 14.0 Å². The number of halogens is 1. The molecule has 2 N–H and O–H groups in total. The van der Waals surface area contributed by atoms with Crippen LogP contribution in [-0.4, -0.2) is 58.6 Å². The highest BCUT2D eigenvalue weighted by Crippen LogP contribution is 2.37. The predicted octanol–water partition coefficient (Wildman–Crippen LogP) is 2.86. The first kappa shape index (κ1) is 19.6. The van der Waals surface area contributed by atoms with Gasteiger partial charge in [-0.2, -0.15) is 0 Å². The lowest BCUT2D eigenvalue weighted by Gasteiger charge is -2.43. The minimum Gasteiger partial charge on any atom is -0.480 e. The number of nitrogens with one attached hydrogen (secondary N) is 1. The number of likely N-dealkylation sites (N-methyl/N-ethyl adjacent to an activating group) is 1. The van der Waals surface area contributed by atoms with Gasteiger partial charge in [-0.1, -0.05) is 26.0 Å². The minimum absolute atomic E-state index is 0.0348. The molecule has 0 radical (unpaired) electrons. The van der Waals surface area contributed by atoms with Crippen LogP contribution in [0.3, 0.4) is 0 Å². The zero-order valence-corrected chi connectivity index (χ0v) is 15.9. The Labute approximate surface area is 159 Å². The molecule has 2 fully saturated rings. The summed E-state index contributed by atoms with van der Waals surface area (Å²) < 4.78 is 13.6. The molecule has 1 saturated carbocycles. The van der Waals surface area contributed by atoms with Crippen LogP contribution in [0.2, 0.25) is 0 Å². The molecule has 3 rings (SSSR count). The number of amides is 2. The molecular weight excluding hydrogens is 349 g/mol. The predicted molar refractivity (Wildman–Crippen MR) is 99.9 cm³/mol. The number of aliphatic carboxylic acids is 1. The molecule has 2 atom stereocenters. The fraction of sp³-hybridized carbons (Fsp3) is 0.600. The van der Waals surface area contributed by atoms with E-state index in [2.05, 4.69) is 12.2 Å². The first-order chi connectivity index (χ1) is 12.9. The van der Waals surface area contributed by atoms with Crippen molar-refractivity contribution in [3.05, 3.63) is 35.6 Å². The number of nitrogens with zero attached hydrogens (tertiary/aromatic N) is 2. The third kappa shape index (κ3) is 4.40. The number of carboxylic acid groups (broad SMARTS) is 1. The minimum atomic E-state index is -0.826. The molecule has 6 nitrogen and oxygen atoms in total. The highest BCUT2D eigenvalue weighted by Gasteiger charge is 2.39. The molecule has 0 bridgehead atoms. The van der Waals surface area contributed by atoms with Crippen LogP contribution in [0.25, 0.3) is 0 Å². The molecule has 2 aliphatic rings. The van der Waals surface area contributed by atoms with Crippen LogP contribution < -0.4 is 5.32 Å². The van der Waals surface area contributed by atoms with Gasteiger partial charge in [0.25, 0.3) is 0 Å². The number of hydrogen-bond donors (Lipinski definition) is 2. The Morgan fingerprint density at radius 1 is 1.37 bits per heavy atom. The highest BCUT2D eigenvalue weighted by molar-refractivity contribution is 5.75. The maximum atomic E-state index is 13.6. The molecule has 1 aliphatic heterocycles. The standard InChI is InChI=1S/C20H28FN3O3/c1-3-23(12-18(25)26)17-10-16(11-17)22-20(27)24-8-7-13(2)19(24)14-5-4-6-15(21)9-14/h4-6,9,13,16-17,19H,3,7-8,10-12H2,1-2H3,(H,22,27)(H,25,26). The van der Waals surface area contributed by atoms with Crippen molar-refractivity contribution in [2.24, 2.45) is 5.92 Å². The zero-order chi connectivity index (χ0) is 19.6. The maximum Gasteiger partial charge on any atom is 0.318 e. The zero-order valence-electron chi connectivity index (χ0n) is 15.9. The van der Waals surface area contributed by atoms with Crippen molar-refractivity contribution < 1.29 is 19.1 Å². The Bertz CT molecular complexity index is 693. The van der Waals surface area contributed by atoms with Crippen molar-refractivity contribution in [3.63, 3.8) is 0 Å². The van der Waals surface area contributed by atoms with Gasteiger partial charge in [-0.15, -0.1) is 0 Å². The number of carboxylic acids is 1. The molecule has 0 aromatic heterocycles. The summed E-state index contributed by atoms with van der Waals surface area (Å²) in [4.78, 5) is 27.5. The van der Waals surface area contributed by atoms with Gasteiger partial charge in [0.1, 0.15) is 5.82 Å². The summed E-state index contributed by atoms with van der Waals surface area (Å²) in [5, 5.41) is 12.0. The smallest absolute Gasteiger partial charge is 0.318 e. The molecule has 7 heteroatoms. The van der Waals surface area contributed by atoms with Gasteiger partial charge in [0.15, 0.2) is 0 Å². The number of carbonyl (C=O) groups excluding carboxylic acids is 1. The van der Waals surface area contributed by atoms with E-state index in [1.807, 2.05) is 22.8 Å². The van der Waals surface area contributed by atoms with Crippen molar-refractivity contribution in [1.82, 2.24) is 15.1 Å². The summed E-state index contributed by atoms with van der Waals surface area (Å²) in [6.45, 7) is 5.41. The molecule has 1 heterocycles. The molecule has 2 amide bonds. The largest absolute Gasteiger partial charge is 0.480 e. The number of carbonyl (C=O) groups is 2. The van der Waals surface area contributed by atoms with Crippen LogP contribution in [0.15, 0.2) is 24.3 Å². The molecule has 1 aromatic carbocycles. The average molecular weight is 377 g/mol. The monoisotopic (exact) mass is 377 g/mol. The highest BCUT2D eigenvalue weighted by atomic mass is 19.1. The Hall–Kier alpha value is -2.15. The summed E-state index contributed by atoms with van der Waals surface area (Å²) in [6, 6.07) is 6.52. The van der Waals surface area contributed by atoms with Crippen LogP contribution in [0, 0.1) is 11.7 Å². The lowest BCUT2D eigenvalue weighted by atomic mass is 9.85. The summed E-state index contributed by atoms with van der Waals surface area (Å²) in [5.74, 6) is -0.835. The molecule has 27 heavy (non-hydrogen) atoms. The van der Waals surface area contributed by atoms with E-state index in [0.29, 0.717) is 13.1 Å². The third-order valence-electron chi connectivity index (χ3n) is 5.85. The second-order valence-corrected chi connectivity index (χ2v) is 7.69. The summed E-state index contributed by atoms with van der Waals surface area (Å²) in [5.41, 5.74) is 0.834. The van der Waals surface area contributed by atoms with E-state index in [1.165, 1.54) is 12.1 Å². The molecule has 2 unspecified atom stereocenters. The van der Waals surface area contributed by atoms with Crippen LogP contribution in [0.5, 0.6) is 0 Å². The van der Waals surface area contributed by atoms with E-state index < -0.39 is 5.97 Å². The van der Waals surface area contributed by atoms with Gasteiger partial charge >= 0.3 is 12.0 Å². The fourth-order valence-electron chi connectivity index (χ4n) is 4.31. The topological polar surface area (TPSA) is 72.9 Å². The van der Waals surface area contributed by atoms with E-state index in [-0.39, 0.29) is 42.4 Å². The molecule has 148 valence electrons. The number of urea groups is 1. The van der Waals surface area contributed by atoms with Gasteiger partial charge in [-0.05, 0) is 49.4 Å². The number of hydrogen-bond acceptors (Lipinski definition) is 3. The Balaban J connectivity index is 1.57. The number of benzene rings is 1. The van der Waals surface area contributed by atoms with Gasteiger partial charge < -0.3 is 15.3 Å². The van der Waals surface area contributed by atoms with Crippen LogP contribution >= 0.6 is 0 Å². The van der Waals surface area contributed by atoms with Crippen molar-refractivity contribution in [2.75, 3.05) is 19.6 Å². The second-order valence-electron chi connectivity index (χ2n) is 7.69. The molecule has 1 saturated heterocycles. The van der Waals surface area contributed by atoms with E-state index in [4.69, 9.17) is 5.11 Å². The Morgan fingerprint density at radius 2 is 2.11 bits per heavy atom. The van der Waals surface area contributed by atoms with Crippen LogP contribution in [0.1, 0.15) is 44.7 Å². The van der Waals surface area contributed by atoms with Crippen molar-refractivity contribution >= 4 is 12.0 Å². The van der Waals surface area contributed by atoms with Gasteiger partial charge in [-0.3, -0.25) is 9.69 Å². The quantitative estimate of drug-likeness (QED) is 0.800. The average Bonchev–Trinajstić information content (AvgIpc) is 2.97. The molecule has 1 aromatic rings.